The molecule has 3 aliphatic rings. The highest BCUT2D eigenvalue weighted by molar-refractivity contribution is 6.31. The van der Waals surface area contributed by atoms with E-state index in [0.717, 1.165) is 98.9 Å². The minimum absolute atomic E-state index is 0.0188. The average Bonchev–Trinajstić information content (AvgIpc) is 4.14. The molecule has 2 heterocycles. The molecule has 8 aromatic rings. The number of allylic oxidation sites excluding steroid dienone is 2. The molecule has 1 N–H and O–H groups in total. The average molecular weight is 1100 g/mol. The minimum atomic E-state index is -0.295. The number of aromatic hydroxyl groups is 1. The van der Waals surface area contributed by atoms with Gasteiger partial charge in [-0.3, -0.25) is 0 Å². The summed E-state index contributed by atoms with van der Waals surface area (Å²) in [5, 5.41) is 19.7. The number of anilines is 2. The number of rotatable bonds is 16. The van der Waals surface area contributed by atoms with Gasteiger partial charge in [-0.15, -0.1) is 4.91 Å². The molecule has 2 aliphatic carbocycles. The summed E-state index contributed by atoms with van der Waals surface area (Å²) >= 11 is 7.01. The zero-order chi connectivity index (χ0) is 57.3. The van der Waals surface area contributed by atoms with E-state index in [1.54, 1.807) is 0 Å². The maximum atomic E-state index is 13.7. The molecular weight excluding hydrogens is 1020 g/mol. The predicted octanol–water partition coefficient (Wildman–Crippen LogP) is 20.9. The first-order valence-electron chi connectivity index (χ1n) is 29.4. The zero-order valence-corrected chi connectivity index (χ0v) is 50.4. The summed E-state index contributed by atoms with van der Waals surface area (Å²) in [6.07, 6.45) is 13.4. The Morgan fingerprint density at radius 1 is 0.617 bits per heavy atom. The summed E-state index contributed by atoms with van der Waals surface area (Å²) in [5.41, 5.74) is 15.5. The third kappa shape index (κ3) is 10.7. The normalized spacial score (nSPS) is 15.7. The fourth-order valence-corrected chi connectivity index (χ4v) is 14.4. The van der Waals surface area contributed by atoms with Gasteiger partial charge in [0.1, 0.15) is 22.9 Å². The third-order valence-corrected chi connectivity index (χ3v) is 17.5. The second-order valence-electron chi connectivity index (χ2n) is 27.2. The molecule has 0 spiro atoms. The fraction of sp³-hybridized carbons (Fsp3) is 0.370. The van der Waals surface area contributed by atoms with E-state index in [4.69, 9.17) is 21.1 Å². The molecule has 81 heavy (non-hydrogen) atoms. The van der Waals surface area contributed by atoms with Gasteiger partial charge in [0.2, 0.25) is 0 Å². The number of halogens is 1. The number of aromatic nitrogens is 1. The van der Waals surface area contributed by atoms with Crippen molar-refractivity contribution in [1.29, 1.82) is 0 Å². The summed E-state index contributed by atoms with van der Waals surface area (Å²) in [6.45, 7) is 27.9. The van der Waals surface area contributed by atoms with E-state index < -0.39 is 0 Å². The highest BCUT2D eigenvalue weighted by Crippen LogP contribution is 2.55. The highest BCUT2D eigenvalue weighted by Gasteiger charge is 2.39. The molecule has 8 heteroatoms. The lowest BCUT2D eigenvalue weighted by Crippen LogP contribution is -2.29. The number of fused-ring (bicyclic) bond motifs is 6. The van der Waals surface area contributed by atoms with Gasteiger partial charge in [-0.1, -0.05) is 166 Å². The Hall–Kier alpha value is -7.09. The van der Waals surface area contributed by atoms with Crippen LogP contribution in [0.2, 0.25) is 5.02 Å². The molecule has 1 aromatic heterocycles. The predicted molar refractivity (Wildman–Crippen MR) is 340 cm³/mol. The van der Waals surface area contributed by atoms with Gasteiger partial charge >= 0.3 is 0 Å². The molecular formula is C73H80ClN3O4. The van der Waals surface area contributed by atoms with Gasteiger partial charge in [-0.25, -0.2) is 0 Å². The molecule has 7 nitrogen and oxygen atoms in total. The number of nitrogens with zero attached hydrogens (tertiary/aromatic N) is 3. The summed E-state index contributed by atoms with van der Waals surface area (Å²) in [6, 6.07) is 42.7. The molecule has 1 unspecified atom stereocenters. The van der Waals surface area contributed by atoms with E-state index in [2.05, 4.69) is 206 Å². The van der Waals surface area contributed by atoms with Crippen molar-refractivity contribution in [3.05, 3.63) is 183 Å². The first-order valence-corrected chi connectivity index (χ1v) is 29.7. The Morgan fingerprint density at radius 2 is 1.17 bits per heavy atom. The van der Waals surface area contributed by atoms with Crippen LogP contribution in [-0.2, 0) is 10.8 Å². The molecule has 418 valence electrons. The Bertz CT molecular complexity index is 3770. The smallest absolute Gasteiger partial charge is 0.147 e. The Morgan fingerprint density at radius 3 is 1.77 bits per heavy atom. The van der Waals surface area contributed by atoms with Crippen LogP contribution in [0, 0.1) is 29.6 Å². The molecule has 1 aliphatic heterocycles. The lowest BCUT2D eigenvalue weighted by atomic mass is 9.71. The highest BCUT2D eigenvalue weighted by atomic mass is 35.5. The lowest BCUT2D eigenvalue weighted by Gasteiger charge is -2.36. The van der Waals surface area contributed by atoms with E-state index in [9.17, 15) is 10.0 Å². The van der Waals surface area contributed by atoms with Gasteiger partial charge in [-0.05, 0) is 173 Å². The number of phenols is 1. The van der Waals surface area contributed by atoms with Crippen molar-refractivity contribution < 1.29 is 14.6 Å². The summed E-state index contributed by atoms with van der Waals surface area (Å²) < 4.78 is 16.2. The van der Waals surface area contributed by atoms with Crippen LogP contribution in [0.1, 0.15) is 153 Å². The summed E-state index contributed by atoms with van der Waals surface area (Å²) in [7, 11) is 0. The Balaban J connectivity index is 0.968. The van der Waals surface area contributed by atoms with Crippen LogP contribution in [0.5, 0.6) is 17.2 Å². The number of phenolic OH excluding ortho intramolecular Hbond substituents is 1. The van der Waals surface area contributed by atoms with Crippen LogP contribution >= 0.6 is 11.6 Å². The van der Waals surface area contributed by atoms with Crippen molar-refractivity contribution in [2.24, 2.45) is 16.0 Å². The quantitative estimate of drug-likeness (QED) is 0.0771. The van der Waals surface area contributed by atoms with Gasteiger partial charge in [-0.2, -0.15) is 0 Å². The maximum Gasteiger partial charge on any atom is 0.147 e. The van der Waals surface area contributed by atoms with Crippen LogP contribution in [0.4, 0.5) is 17.1 Å². The van der Waals surface area contributed by atoms with E-state index in [1.807, 2.05) is 31.2 Å². The van der Waals surface area contributed by atoms with Crippen molar-refractivity contribution >= 4 is 56.0 Å². The van der Waals surface area contributed by atoms with Gasteiger partial charge in [0.05, 0.1) is 41.7 Å². The number of ether oxygens (including phenoxy) is 2. The Labute approximate surface area is 485 Å². The summed E-state index contributed by atoms with van der Waals surface area (Å²) in [5.74, 6) is 2.14. The standard InChI is InChI=1S/C73H80ClN3O4/c1-45-35-48(47-23-21-24-47)37-58(57-39-50(73(11,12)44-71(6,7)8)41-65(67(57)78)77-62-31-19-15-27-54(62)55-28-16-20-32-63(55)77)68(45)80-33-22-34-81-69-46(2)36-51(74)42-59(69)56-38-49(72(9,10)43-70(3,4)5)40-64(66(56)75-79)76-60-29-17-13-25-52(60)53-26-14-18-30-61(53)76/h13-20,25-31,35-42,47,63,78H,21-24,32-34,43-44H2,1-12H3. The third-order valence-electron chi connectivity index (χ3n) is 17.3. The number of aryl methyl sites for hydroxylation is 2. The van der Waals surface area contributed by atoms with Crippen LogP contribution in [0.15, 0.2) is 145 Å². The first-order chi connectivity index (χ1) is 38.5. The van der Waals surface area contributed by atoms with Crippen LogP contribution < -0.4 is 14.4 Å². The molecule has 0 saturated heterocycles. The number of para-hydroxylation sites is 3. The minimum Gasteiger partial charge on any atom is -0.505 e. The van der Waals surface area contributed by atoms with E-state index >= 15 is 0 Å². The first kappa shape index (κ1) is 55.8. The summed E-state index contributed by atoms with van der Waals surface area (Å²) in [4.78, 5) is 16.1. The zero-order valence-electron chi connectivity index (χ0n) is 49.7. The topological polar surface area (TPSA) is 76.3 Å². The molecule has 1 saturated carbocycles. The largest absolute Gasteiger partial charge is 0.505 e. The fourth-order valence-electron chi connectivity index (χ4n) is 14.1. The van der Waals surface area contributed by atoms with Gasteiger partial charge in [0.25, 0.3) is 0 Å². The van der Waals surface area contributed by atoms with E-state index in [-0.39, 0.29) is 33.5 Å². The molecule has 1 atom stereocenters. The number of hydrogen-bond donors (Lipinski definition) is 1. The maximum absolute atomic E-state index is 13.7. The van der Waals surface area contributed by atoms with Crippen LogP contribution in [0.25, 0.3) is 55.3 Å². The van der Waals surface area contributed by atoms with Crippen LogP contribution in [-0.4, -0.2) is 28.9 Å². The van der Waals surface area contributed by atoms with Gasteiger partial charge in [0, 0.05) is 55.7 Å². The van der Waals surface area contributed by atoms with Crippen molar-refractivity contribution in [3.8, 4) is 45.2 Å². The molecule has 0 amide bonds. The van der Waals surface area contributed by atoms with E-state index in [0.29, 0.717) is 58.8 Å². The number of benzene rings is 7. The van der Waals surface area contributed by atoms with Crippen molar-refractivity contribution in [1.82, 2.24) is 4.57 Å². The molecule has 11 rings (SSSR count). The van der Waals surface area contributed by atoms with Gasteiger partial charge < -0.3 is 24.0 Å². The van der Waals surface area contributed by atoms with Crippen molar-refractivity contribution in [2.45, 2.75) is 151 Å². The second-order valence-corrected chi connectivity index (χ2v) is 27.6. The van der Waals surface area contributed by atoms with Crippen molar-refractivity contribution in [3.63, 3.8) is 0 Å². The molecule has 7 aromatic carbocycles. The second kappa shape index (κ2) is 21.3. The molecule has 0 bridgehead atoms. The number of nitroso groups, excluding NO2 is 1. The Kier molecular flexibility index (Phi) is 14.7. The van der Waals surface area contributed by atoms with E-state index in [1.165, 1.54) is 28.7 Å². The molecule has 0 radical (unpaired) electrons. The van der Waals surface area contributed by atoms with Crippen LogP contribution in [0.3, 0.4) is 0 Å². The number of hydrogen-bond acceptors (Lipinski definition) is 6. The van der Waals surface area contributed by atoms with Gasteiger partial charge in [0.15, 0.2) is 0 Å². The van der Waals surface area contributed by atoms with Crippen molar-refractivity contribution in [2.75, 3.05) is 18.1 Å². The monoisotopic (exact) mass is 1100 g/mol. The SMILES string of the molecule is Cc1cc(C2CCC2)cc(-c2cc(C(C)(C)CC(C)(C)C)cc(N3c4ccccc4C4=CC=CCC43)c2O)c1OCCCOc1c(C)cc(Cl)cc1-c1cc(C(C)(C)CC(C)(C)C)cc(-n2c3ccccc3c3ccccc32)c1N=O. The molecule has 1 fully saturated rings. The lowest BCUT2D eigenvalue weighted by molar-refractivity contribution is 0.246.